The summed E-state index contributed by atoms with van der Waals surface area (Å²) in [6.45, 7) is 1.43. The molecule has 2 heterocycles. The summed E-state index contributed by atoms with van der Waals surface area (Å²) in [6.07, 6.45) is -3.70. The maximum Gasteiger partial charge on any atom is 0.416 e. The zero-order chi connectivity index (χ0) is 34.0. The number of fused-ring (bicyclic) bond motifs is 1. The Bertz CT molecular complexity index is 2400. The fraction of sp³-hybridized carbons (Fsp3) is 0.194. The Kier molecular flexibility index (Phi) is 8.06. The van der Waals surface area contributed by atoms with Crippen molar-refractivity contribution in [3.63, 3.8) is 0 Å². The van der Waals surface area contributed by atoms with Gasteiger partial charge in [-0.1, -0.05) is 12.1 Å². The second kappa shape index (κ2) is 11.7. The van der Waals surface area contributed by atoms with Crippen LogP contribution < -0.4 is 26.8 Å². The first-order valence-corrected chi connectivity index (χ1v) is 16.6. The summed E-state index contributed by atoms with van der Waals surface area (Å²) in [4.78, 5) is 40.9. The summed E-state index contributed by atoms with van der Waals surface area (Å²) in [5.41, 5.74) is -3.36. The lowest BCUT2D eigenvalue weighted by Crippen LogP contribution is -2.41. The van der Waals surface area contributed by atoms with Gasteiger partial charge in [-0.2, -0.15) is 13.2 Å². The van der Waals surface area contributed by atoms with Crippen LogP contribution >= 0.6 is 22.6 Å². The van der Waals surface area contributed by atoms with Crippen molar-refractivity contribution in [2.75, 3.05) is 10.0 Å². The zero-order valence-corrected chi connectivity index (χ0v) is 27.5. The Labute approximate surface area is 277 Å². The highest BCUT2D eigenvalue weighted by molar-refractivity contribution is 14.1. The average molecular weight is 782 g/mol. The Balaban J connectivity index is 1.56. The smallest absolute Gasteiger partial charge is 0.338 e. The third kappa shape index (κ3) is 5.95. The van der Waals surface area contributed by atoms with Gasteiger partial charge in [-0.3, -0.25) is 28.0 Å². The lowest BCUT2D eigenvalue weighted by Gasteiger charge is -2.21. The number of hydrogen-bond donors (Lipinski definition) is 2. The normalized spacial score (nSPS) is 13.6. The van der Waals surface area contributed by atoms with Crippen LogP contribution in [0.2, 0.25) is 0 Å². The van der Waals surface area contributed by atoms with E-state index in [2.05, 4.69) is 10.0 Å². The summed E-state index contributed by atoms with van der Waals surface area (Å²) in [7, 11) is -3.12. The van der Waals surface area contributed by atoms with E-state index >= 15 is 0 Å². The van der Waals surface area contributed by atoms with Crippen molar-refractivity contribution in [3.05, 3.63) is 118 Å². The van der Waals surface area contributed by atoms with Crippen LogP contribution in [-0.2, 0) is 23.2 Å². The molecule has 5 aromatic rings. The van der Waals surface area contributed by atoms with Crippen molar-refractivity contribution in [2.45, 2.75) is 36.9 Å². The highest BCUT2D eigenvalue weighted by Gasteiger charge is 2.33. The van der Waals surface area contributed by atoms with Crippen molar-refractivity contribution >= 4 is 60.7 Å². The van der Waals surface area contributed by atoms with Gasteiger partial charge < -0.3 is 5.32 Å². The molecule has 0 aliphatic heterocycles. The van der Waals surface area contributed by atoms with E-state index in [-0.39, 0.29) is 39.3 Å². The molecule has 0 spiro atoms. The predicted octanol–water partition coefficient (Wildman–Crippen LogP) is 5.80. The first-order valence-electron chi connectivity index (χ1n) is 14.0. The standard InChI is InChI=1S/C31H24F4IN5O5S/c1-16-26-25(27(39(2)28(16)42)37-24-12-9-18(36)14-23(24)32)29(43)41(20-10-11-20)30(44)40(26)21-7-4-6-19(15-21)38-47(45,46)22-8-3-5-17(13-22)31(33,34)35/h3-9,12-15,20,37-38H,10-11H2,1-2H3. The first-order chi connectivity index (χ1) is 22.1. The first kappa shape index (κ1) is 32.5. The highest BCUT2D eigenvalue weighted by Crippen LogP contribution is 2.35. The number of sulfonamides is 1. The van der Waals surface area contributed by atoms with Crippen LogP contribution in [0.3, 0.4) is 0 Å². The van der Waals surface area contributed by atoms with Crippen LogP contribution in [0, 0.1) is 16.3 Å². The Morgan fingerprint density at radius 3 is 2.30 bits per heavy atom. The van der Waals surface area contributed by atoms with Gasteiger partial charge in [0, 0.05) is 22.2 Å². The quantitative estimate of drug-likeness (QED) is 0.159. The Hall–Kier alpha value is -4.45. The number of halogens is 5. The molecule has 1 aliphatic rings. The van der Waals surface area contributed by atoms with E-state index in [9.17, 15) is 40.4 Å². The third-order valence-electron chi connectivity index (χ3n) is 7.77. The van der Waals surface area contributed by atoms with Crippen LogP contribution in [0.4, 0.5) is 34.8 Å². The lowest BCUT2D eigenvalue weighted by atomic mass is 10.1. The molecule has 1 saturated carbocycles. The predicted molar refractivity (Wildman–Crippen MR) is 177 cm³/mol. The molecule has 1 fully saturated rings. The van der Waals surface area contributed by atoms with E-state index in [1.54, 1.807) is 6.07 Å². The fourth-order valence-electron chi connectivity index (χ4n) is 5.34. The second-order valence-corrected chi connectivity index (χ2v) is 13.9. The molecule has 1 aliphatic carbocycles. The van der Waals surface area contributed by atoms with Gasteiger partial charge in [0.25, 0.3) is 21.1 Å². The number of aryl methyl sites for hydroxylation is 1. The minimum atomic E-state index is -4.77. The van der Waals surface area contributed by atoms with Crippen LogP contribution in [0.5, 0.6) is 0 Å². The van der Waals surface area contributed by atoms with E-state index < -0.39 is 55.3 Å². The second-order valence-electron chi connectivity index (χ2n) is 11.0. The molecular weight excluding hydrogens is 757 g/mol. The molecule has 3 aromatic carbocycles. The van der Waals surface area contributed by atoms with Crippen molar-refractivity contribution in [1.82, 2.24) is 13.7 Å². The summed E-state index contributed by atoms with van der Waals surface area (Å²) < 4.78 is 87.2. The molecule has 0 radical (unpaired) electrons. The van der Waals surface area contributed by atoms with E-state index in [0.717, 1.165) is 31.9 Å². The molecule has 16 heteroatoms. The molecule has 0 bridgehead atoms. The molecular formula is C31H24F4IN5O5S. The molecule has 244 valence electrons. The number of hydrogen-bond acceptors (Lipinski definition) is 6. The van der Waals surface area contributed by atoms with Gasteiger partial charge in [-0.15, -0.1) is 0 Å². The van der Waals surface area contributed by atoms with Gasteiger partial charge in [-0.25, -0.2) is 17.6 Å². The summed E-state index contributed by atoms with van der Waals surface area (Å²) in [6, 6.07) is 12.6. The third-order valence-corrected chi connectivity index (χ3v) is 9.82. The van der Waals surface area contributed by atoms with Crippen LogP contribution in [0.25, 0.3) is 16.6 Å². The molecule has 2 aromatic heterocycles. The Morgan fingerprint density at radius 2 is 1.64 bits per heavy atom. The van der Waals surface area contributed by atoms with E-state index in [1.807, 2.05) is 22.6 Å². The topological polar surface area (TPSA) is 124 Å². The summed E-state index contributed by atoms with van der Waals surface area (Å²) in [5, 5.41) is 2.78. The van der Waals surface area contributed by atoms with Crippen molar-refractivity contribution in [3.8, 4) is 5.69 Å². The maximum absolute atomic E-state index is 15.0. The van der Waals surface area contributed by atoms with Gasteiger partial charge in [0.2, 0.25) is 0 Å². The average Bonchev–Trinajstić information content (AvgIpc) is 3.84. The molecule has 6 rings (SSSR count). The minimum absolute atomic E-state index is 0.0169. The van der Waals surface area contributed by atoms with Crippen molar-refractivity contribution in [2.24, 2.45) is 7.05 Å². The number of anilines is 3. The van der Waals surface area contributed by atoms with E-state index in [0.29, 0.717) is 22.5 Å². The van der Waals surface area contributed by atoms with Crippen LogP contribution in [0.15, 0.2) is 86.0 Å². The van der Waals surface area contributed by atoms with Gasteiger partial charge in [0.05, 0.1) is 33.0 Å². The molecule has 0 saturated heterocycles. The summed E-state index contributed by atoms with van der Waals surface area (Å²) in [5.74, 6) is -0.708. The monoisotopic (exact) mass is 781 g/mol. The number of rotatable bonds is 7. The molecule has 2 N–H and O–H groups in total. The number of alkyl halides is 3. The number of nitrogens with zero attached hydrogens (tertiary/aromatic N) is 3. The molecule has 0 unspecified atom stereocenters. The van der Waals surface area contributed by atoms with Crippen molar-refractivity contribution < 1.29 is 26.0 Å². The highest BCUT2D eigenvalue weighted by atomic mass is 127. The SMILES string of the molecule is Cc1c(=O)n(C)c(Nc2ccc(I)cc2F)c2c(=O)n(C3CC3)c(=O)n(-c3cccc(NS(=O)(=O)c4cccc(C(F)(F)F)c4)c3)c12. The van der Waals surface area contributed by atoms with Crippen molar-refractivity contribution in [1.29, 1.82) is 0 Å². The van der Waals surface area contributed by atoms with Gasteiger partial charge in [0.1, 0.15) is 17.0 Å². The number of nitrogens with one attached hydrogen (secondary N) is 2. The van der Waals surface area contributed by atoms with Crippen LogP contribution in [0.1, 0.15) is 30.0 Å². The molecule has 10 nitrogen and oxygen atoms in total. The van der Waals surface area contributed by atoms with Gasteiger partial charge in [0.15, 0.2) is 0 Å². The van der Waals surface area contributed by atoms with E-state index in [1.165, 1.54) is 50.4 Å². The fourth-order valence-corrected chi connectivity index (χ4v) is 6.88. The minimum Gasteiger partial charge on any atom is -0.338 e. The molecule has 0 atom stereocenters. The zero-order valence-electron chi connectivity index (χ0n) is 24.5. The molecule has 47 heavy (non-hydrogen) atoms. The summed E-state index contributed by atoms with van der Waals surface area (Å²) >= 11 is 1.94. The number of benzene rings is 3. The van der Waals surface area contributed by atoms with Gasteiger partial charge in [-0.05, 0) is 97.0 Å². The van der Waals surface area contributed by atoms with E-state index in [4.69, 9.17) is 0 Å². The molecule has 0 amide bonds. The maximum atomic E-state index is 15.0. The lowest BCUT2D eigenvalue weighted by molar-refractivity contribution is -0.137. The number of pyridine rings is 1. The Morgan fingerprint density at radius 1 is 0.936 bits per heavy atom. The van der Waals surface area contributed by atoms with Gasteiger partial charge >= 0.3 is 11.9 Å². The largest absolute Gasteiger partial charge is 0.416 e. The van der Waals surface area contributed by atoms with Crippen LogP contribution in [-0.4, -0.2) is 22.1 Å². The number of aromatic nitrogens is 3.